The Morgan fingerprint density at radius 1 is 1.24 bits per heavy atom. The quantitative estimate of drug-likeness (QED) is 0.488. The number of H-pyrrole nitrogens is 1. The Balaban J connectivity index is 1.53. The van der Waals surface area contributed by atoms with Crippen molar-refractivity contribution in [1.29, 1.82) is 0 Å². The predicted molar refractivity (Wildman–Crippen MR) is 114 cm³/mol. The van der Waals surface area contributed by atoms with Gasteiger partial charge in [-0.3, -0.25) is 4.79 Å². The van der Waals surface area contributed by atoms with Crippen LogP contribution in [0.5, 0.6) is 11.5 Å². The Kier molecular flexibility index (Phi) is 5.51. The number of hydrogen-bond donors (Lipinski definition) is 2. The molecule has 0 saturated carbocycles. The Morgan fingerprint density at radius 2 is 2.10 bits per heavy atom. The molecule has 6 heteroatoms. The van der Waals surface area contributed by atoms with Crippen LogP contribution >= 0.6 is 0 Å². The molecule has 2 aromatic carbocycles. The van der Waals surface area contributed by atoms with Crippen LogP contribution in [0.15, 0.2) is 41.5 Å². The van der Waals surface area contributed by atoms with Crippen LogP contribution in [0.4, 0.5) is 0 Å². The molecule has 6 nitrogen and oxygen atoms in total. The minimum Gasteiger partial charge on any atom is -0.493 e. The summed E-state index contributed by atoms with van der Waals surface area (Å²) in [5.74, 6) is 0.996. The fraction of sp³-hybridized carbons (Fsp3) is 0.304. The lowest BCUT2D eigenvalue weighted by molar-refractivity contribution is 0.0955. The summed E-state index contributed by atoms with van der Waals surface area (Å²) >= 11 is 0. The van der Waals surface area contributed by atoms with Crippen LogP contribution in [-0.2, 0) is 12.8 Å². The predicted octanol–water partition coefficient (Wildman–Crippen LogP) is 4.22. The van der Waals surface area contributed by atoms with Gasteiger partial charge in [-0.1, -0.05) is 6.07 Å². The molecule has 0 saturated heterocycles. The highest BCUT2D eigenvalue weighted by Crippen LogP contribution is 2.31. The number of benzene rings is 2. The standard InChI is InChI=1S/C23H25N3O3/c1-3-29-22-16(7-6-10-21(22)28-2)14-24-26-23(27)15-11-12-20-18(13-15)17-8-4-5-9-19(17)25-20/h6-7,10-14,25H,3-5,8-9H2,1-2H3,(H,26,27)/b24-14-. The zero-order chi connectivity index (χ0) is 20.2. The summed E-state index contributed by atoms with van der Waals surface area (Å²) in [5.41, 5.74) is 7.70. The van der Waals surface area contributed by atoms with Gasteiger partial charge in [0.15, 0.2) is 11.5 Å². The topological polar surface area (TPSA) is 75.7 Å². The summed E-state index contributed by atoms with van der Waals surface area (Å²) in [4.78, 5) is 16.1. The molecule has 3 aromatic rings. The molecular formula is C23H25N3O3. The van der Waals surface area contributed by atoms with Gasteiger partial charge in [-0.25, -0.2) is 5.43 Å². The average molecular weight is 391 g/mol. The van der Waals surface area contributed by atoms with E-state index in [1.165, 1.54) is 24.1 Å². The minimum absolute atomic E-state index is 0.241. The van der Waals surface area contributed by atoms with E-state index in [0.717, 1.165) is 29.3 Å². The maximum atomic E-state index is 12.6. The zero-order valence-corrected chi connectivity index (χ0v) is 16.7. The number of hydrazone groups is 1. The van der Waals surface area contributed by atoms with E-state index in [2.05, 4.69) is 15.5 Å². The molecule has 1 heterocycles. The fourth-order valence-corrected chi connectivity index (χ4v) is 3.87. The number of carbonyl (C=O) groups excluding carboxylic acids is 1. The Morgan fingerprint density at radius 3 is 2.93 bits per heavy atom. The normalized spacial score (nSPS) is 13.4. The second-order valence-corrected chi connectivity index (χ2v) is 7.06. The van der Waals surface area contributed by atoms with Gasteiger partial charge in [0.05, 0.1) is 19.9 Å². The van der Waals surface area contributed by atoms with Gasteiger partial charge in [-0.15, -0.1) is 0 Å². The number of amides is 1. The summed E-state index contributed by atoms with van der Waals surface area (Å²) in [5, 5.41) is 5.26. The number of aryl methyl sites for hydroxylation is 2. The maximum Gasteiger partial charge on any atom is 0.271 e. The van der Waals surface area contributed by atoms with E-state index in [1.807, 2.05) is 43.3 Å². The minimum atomic E-state index is -0.241. The highest BCUT2D eigenvalue weighted by atomic mass is 16.5. The van der Waals surface area contributed by atoms with Gasteiger partial charge < -0.3 is 14.5 Å². The third-order valence-corrected chi connectivity index (χ3v) is 5.25. The van der Waals surface area contributed by atoms with Crippen molar-refractivity contribution in [3.8, 4) is 11.5 Å². The van der Waals surface area contributed by atoms with Gasteiger partial charge in [-0.05, 0) is 68.5 Å². The SMILES string of the molecule is CCOc1c(/C=N\NC(=O)c2ccc3[nH]c4c(c3c2)CCCC4)cccc1OC. The second-order valence-electron chi connectivity index (χ2n) is 7.06. The second kappa shape index (κ2) is 8.39. The molecule has 0 atom stereocenters. The first-order valence-electron chi connectivity index (χ1n) is 9.98. The summed E-state index contributed by atoms with van der Waals surface area (Å²) in [7, 11) is 1.59. The van der Waals surface area contributed by atoms with E-state index < -0.39 is 0 Å². The molecule has 29 heavy (non-hydrogen) atoms. The van der Waals surface area contributed by atoms with Crippen LogP contribution in [0.25, 0.3) is 10.9 Å². The van der Waals surface area contributed by atoms with Crippen molar-refractivity contribution in [3.05, 3.63) is 58.8 Å². The van der Waals surface area contributed by atoms with E-state index in [4.69, 9.17) is 9.47 Å². The van der Waals surface area contributed by atoms with Crippen molar-refractivity contribution in [2.75, 3.05) is 13.7 Å². The van der Waals surface area contributed by atoms with Gasteiger partial charge in [0.25, 0.3) is 5.91 Å². The van der Waals surface area contributed by atoms with Crippen LogP contribution in [0.1, 0.15) is 46.9 Å². The number of hydrogen-bond acceptors (Lipinski definition) is 4. The van der Waals surface area contributed by atoms with Crippen LogP contribution in [0.2, 0.25) is 0 Å². The molecule has 0 aliphatic heterocycles. The van der Waals surface area contributed by atoms with Gasteiger partial charge in [0, 0.05) is 27.7 Å². The Bertz CT molecular complexity index is 1070. The lowest BCUT2D eigenvalue weighted by atomic mass is 9.95. The zero-order valence-electron chi connectivity index (χ0n) is 16.7. The largest absolute Gasteiger partial charge is 0.493 e. The van der Waals surface area contributed by atoms with Crippen molar-refractivity contribution in [2.45, 2.75) is 32.6 Å². The van der Waals surface area contributed by atoms with Crippen molar-refractivity contribution < 1.29 is 14.3 Å². The molecule has 150 valence electrons. The third kappa shape index (κ3) is 3.83. The number of nitrogens with one attached hydrogen (secondary N) is 2. The van der Waals surface area contributed by atoms with Crippen molar-refractivity contribution >= 4 is 23.0 Å². The Labute approximate surface area is 169 Å². The average Bonchev–Trinajstić information content (AvgIpc) is 3.12. The number of carbonyl (C=O) groups is 1. The van der Waals surface area contributed by atoms with Crippen LogP contribution < -0.4 is 14.9 Å². The number of methoxy groups -OCH3 is 1. The number of rotatable bonds is 6. The molecular weight excluding hydrogens is 366 g/mol. The summed E-state index contributed by atoms with van der Waals surface area (Å²) in [6, 6.07) is 11.3. The molecule has 0 spiro atoms. The smallest absolute Gasteiger partial charge is 0.271 e. The monoisotopic (exact) mass is 391 g/mol. The number of para-hydroxylation sites is 1. The number of ether oxygens (including phenoxy) is 2. The number of aromatic nitrogens is 1. The molecule has 2 N–H and O–H groups in total. The summed E-state index contributed by atoms with van der Waals surface area (Å²) in [6.07, 6.45) is 6.13. The van der Waals surface area contributed by atoms with E-state index in [1.54, 1.807) is 13.3 Å². The van der Waals surface area contributed by atoms with E-state index in [-0.39, 0.29) is 5.91 Å². The molecule has 4 rings (SSSR count). The fourth-order valence-electron chi connectivity index (χ4n) is 3.87. The van der Waals surface area contributed by atoms with Crippen LogP contribution in [-0.4, -0.2) is 30.8 Å². The maximum absolute atomic E-state index is 12.6. The van der Waals surface area contributed by atoms with Crippen LogP contribution in [0, 0.1) is 0 Å². The van der Waals surface area contributed by atoms with Crippen molar-refractivity contribution in [2.24, 2.45) is 5.10 Å². The molecule has 1 aliphatic rings. The van der Waals surface area contributed by atoms with Crippen molar-refractivity contribution in [3.63, 3.8) is 0 Å². The van der Waals surface area contributed by atoms with Gasteiger partial charge in [-0.2, -0.15) is 5.10 Å². The first kappa shape index (κ1) is 19.1. The Hall–Kier alpha value is -3.28. The van der Waals surface area contributed by atoms with Crippen molar-refractivity contribution in [1.82, 2.24) is 10.4 Å². The van der Waals surface area contributed by atoms with Gasteiger partial charge in [0.1, 0.15) is 0 Å². The van der Waals surface area contributed by atoms with E-state index in [0.29, 0.717) is 23.7 Å². The molecule has 0 unspecified atom stereocenters. The van der Waals surface area contributed by atoms with E-state index in [9.17, 15) is 4.79 Å². The lowest BCUT2D eigenvalue weighted by Gasteiger charge is -2.11. The van der Waals surface area contributed by atoms with Gasteiger partial charge in [0.2, 0.25) is 0 Å². The molecule has 1 amide bonds. The number of nitrogens with zero attached hydrogens (tertiary/aromatic N) is 1. The first-order valence-corrected chi connectivity index (χ1v) is 9.98. The summed E-state index contributed by atoms with van der Waals surface area (Å²) in [6.45, 7) is 2.42. The highest BCUT2D eigenvalue weighted by molar-refractivity contribution is 5.99. The summed E-state index contributed by atoms with van der Waals surface area (Å²) < 4.78 is 11.0. The molecule has 0 radical (unpaired) electrons. The number of aromatic amines is 1. The molecule has 0 bridgehead atoms. The highest BCUT2D eigenvalue weighted by Gasteiger charge is 2.16. The molecule has 1 aliphatic carbocycles. The molecule has 0 fully saturated rings. The third-order valence-electron chi connectivity index (χ3n) is 5.25. The first-order chi connectivity index (χ1) is 14.2. The van der Waals surface area contributed by atoms with E-state index >= 15 is 0 Å². The lowest BCUT2D eigenvalue weighted by Crippen LogP contribution is -2.17. The molecule has 1 aromatic heterocycles. The van der Waals surface area contributed by atoms with Crippen LogP contribution in [0.3, 0.4) is 0 Å². The van der Waals surface area contributed by atoms with Gasteiger partial charge >= 0.3 is 0 Å². The number of fused-ring (bicyclic) bond motifs is 3.